The van der Waals surface area contributed by atoms with E-state index >= 15 is 0 Å². The Morgan fingerprint density at radius 3 is 2.61 bits per heavy atom. The Bertz CT molecular complexity index is 754. The van der Waals surface area contributed by atoms with Gasteiger partial charge >= 0.3 is 7.12 Å². The van der Waals surface area contributed by atoms with Gasteiger partial charge in [0.2, 0.25) is 0 Å². The van der Waals surface area contributed by atoms with Crippen LogP contribution in [0.1, 0.15) is 33.3 Å². The molecule has 0 unspecified atom stereocenters. The highest BCUT2D eigenvalue weighted by molar-refractivity contribution is 6.56. The van der Waals surface area contributed by atoms with E-state index in [9.17, 15) is 5.11 Å². The third-order valence-electron chi connectivity index (χ3n) is 4.63. The van der Waals surface area contributed by atoms with Gasteiger partial charge < -0.3 is 19.4 Å². The second-order valence-corrected chi connectivity index (χ2v) is 7.13. The third kappa shape index (κ3) is 2.80. The lowest BCUT2D eigenvalue weighted by Gasteiger charge is -2.32. The van der Waals surface area contributed by atoms with Crippen LogP contribution < -0.4 is 0 Å². The number of nitrogens with one attached hydrogen (secondary N) is 1. The number of pyridine rings is 1. The summed E-state index contributed by atoms with van der Waals surface area (Å²) >= 11 is 6.27. The van der Waals surface area contributed by atoms with Gasteiger partial charge in [0.1, 0.15) is 5.65 Å². The summed E-state index contributed by atoms with van der Waals surface area (Å²) in [5, 5.41) is 11.2. The van der Waals surface area contributed by atoms with Gasteiger partial charge in [0.15, 0.2) is 0 Å². The second-order valence-electron chi connectivity index (χ2n) is 6.73. The fourth-order valence-electron chi connectivity index (χ4n) is 2.54. The summed E-state index contributed by atoms with van der Waals surface area (Å²) < 4.78 is 12.0. The molecule has 2 N–H and O–H groups in total. The topological polar surface area (TPSA) is 67.4 Å². The highest BCUT2D eigenvalue weighted by Gasteiger charge is 2.52. The van der Waals surface area contributed by atoms with Crippen molar-refractivity contribution in [2.75, 3.05) is 6.61 Å². The molecule has 1 fully saturated rings. The highest BCUT2D eigenvalue weighted by Crippen LogP contribution is 2.39. The Balaban J connectivity index is 2.00. The van der Waals surface area contributed by atoms with Crippen molar-refractivity contribution >= 4 is 35.8 Å². The van der Waals surface area contributed by atoms with Gasteiger partial charge in [-0.25, -0.2) is 4.98 Å². The van der Waals surface area contributed by atoms with E-state index in [1.807, 2.05) is 40.0 Å². The largest absolute Gasteiger partial charge is 0.492 e. The summed E-state index contributed by atoms with van der Waals surface area (Å²) in [4.78, 5) is 7.32. The number of aromatic amines is 1. The lowest BCUT2D eigenvalue weighted by molar-refractivity contribution is 0.00578. The minimum Gasteiger partial charge on any atom is -0.400 e. The molecule has 1 aliphatic rings. The molecule has 3 heterocycles. The summed E-state index contributed by atoms with van der Waals surface area (Å²) in [7, 11) is -0.592. The van der Waals surface area contributed by atoms with Gasteiger partial charge in [0, 0.05) is 23.3 Å². The van der Waals surface area contributed by atoms with Crippen molar-refractivity contribution < 1.29 is 14.4 Å². The predicted molar refractivity (Wildman–Crippen MR) is 92.2 cm³/mol. The zero-order valence-corrected chi connectivity index (χ0v) is 14.4. The van der Waals surface area contributed by atoms with E-state index in [0.717, 1.165) is 10.9 Å². The van der Waals surface area contributed by atoms with E-state index in [0.29, 0.717) is 16.1 Å². The number of aromatic nitrogens is 2. The molecular formula is C16H20BClN2O3. The molecule has 2 aromatic heterocycles. The number of fused-ring (bicyclic) bond motifs is 1. The van der Waals surface area contributed by atoms with E-state index in [2.05, 4.69) is 9.97 Å². The van der Waals surface area contributed by atoms with E-state index in [-0.39, 0.29) is 6.61 Å². The van der Waals surface area contributed by atoms with Crippen LogP contribution in [0.25, 0.3) is 17.1 Å². The number of rotatable bonds is 3. The molecule has 0 aromatic carbocycles. The number of H-pyrrole nitrogens is 1. The number of aliphatic hydroxyl groups is 1. The Labute approximate surface area is 140 Å². The number of hydrogen-bond donors (Lipinski definition) is 2. The van der Waals surface area contributed by atoms with Gasteiger partial charge in [0.05, 0.1) is 22.8 Å². The van der Waals surface area contributed by atoms with Gasteiger partial charge in [-0.3, -0.25) is 0 Å². The molecule has 0 spiro atoms. The minimum absolute atomic E-state index is 0.165. The SMILES string of the molecule is CC1(C)OB(C(=Cc2c[nH]c3nccc(Cl)c23)CO)OC1(C)C. The number of halogens is 1. The molecule has 0 amide bonds. The molecule has 1 saturated heterocycles. The number of nitrogens with zero attached hydrogens (tertiary/aromatic N) is 1. The van der Waals surface area contributed by atoms with Crippen LogP contribution in [-0.4, -0.2) is 40.0 Å². The smallest absolute Gasteiger partial charge is 0.400 e. The number of hydrogen-bond acceptors (Lipinski definition) is 4. The molecule has 122 valence electrons. The first-order valence-electron chi connectivity index (χ1n) is 7.54. The van der Waals surface area contributed by atoms with Gasteiger partial charge in [-0.2, -0.15) is 0 Å². The Morgan fingerprint density at radius 2 is 2.00 bits per heavy atom. The zero-order chi connectivity index (χ0) is 16.8. The van der Waals surface area contributed by atoms with E-state index < -0.39 is 18.3 Å². The quantitative estimate of drug-likeness (QED) is 0.846. The van der Waals surface area contributed by atoms with Crippen LogP contribution in [0.5, 0.6) is 0 Å². The molecule has 0 bridgehead atoms. The Kier molecular flexibility index (Phi) is 4.05. The van der Waals surface area contributed by atoms with Crippen molar-refractivity contribution in [2.24, 2.45) is 0 Å². The average molecular weight is 335 g/mol. The van der Waals surface area contributed by atoms with Crippen LogP contribution in [0.15, 0.2) is 23.9 Å². The van der Waals surface area contributed by atoms with E-state index in [1.165, 1.54) is 0 Å². The maximum atomic E-state index is 9.78. The monoisotopic (exact) mass is 334 g/mol. The Hall–Kier alpha value is -1.34. The summed E-state index contributed by atoms with van der Waals surface area (Å²) in [6.07, 6.45) is 5.30. The summed E-state index contributed by atoms with van der Waals surface area (Å²) in [5.41, 5.74) is 1.28. The van der Waals surface area contributed by atoms with Crippen LogP contribution in [0.2, 0.25) is 5.02 Å². The van der Waals surface area contributed by atoms with Gasteiger partial charge in [-0.15, -0.1) is 0 Å². The molecule has 3 rings (SSSR count). The lowest BCUT2D eigenvalue weighted by atomic mass is 9.77. The van der Waals surface area contributed by atoms with Crippen LogP contribution in [0, 0.1) is 0 Å². The van der Waals surface area contributed by atoms with Crippen LogP contribution in [-0.2, 0) is 9.31 Å². The minimum atomic E-state index is -0.592. The molecule has 23 heavy (non-hydrogen) atoms. The van der Waals surface area contributed by atoms with Crippen LogP contribution in [0.3, 0.4) is 0 Å². The van der Waals surface area contributed by atoms with E-state index in [4.69, 9.17) is 20.9 Å². The normalized spacial score (nSPS) is 20.4. The average Bonchev–Trinajstić information content (AvgIpc) is 2.96. The molecule has 0 radical (unpaired) electrons. The summed E-state index contributed by atoms with van der Waals surface area (Å²) in [6, 6.07) is 1.74. The van der Waals surface area contributed by atoms with E-state index in [1.54, 1.807) is 12.3 Å². The van der Waals surface area contributed by atoms with Crippen molar-refractivity contribution in [3.8, 4) is 0 Å². The predicted octanol–water partition coefficient (Wildman–Crippen LogP) is 3.22. The maximum absolute atomic E-state index is 9.78. The fraction of sp³-hybridized carbons (Fsp3) is 0.438. The second kappa shape index (κ2) is 5.63. The highest BCUT2D eigenvalue weighted by atomic mass is 35.5. The summed E-state index contributed by atoms with van der Waals surface area (Å²) in [5.74, 6) is 0. The molecule has 0 aliphatic carbocycles. The van der Waals surface area contributed by atoms with Crippen molar-refractivity contribution in [1.29, 1.82) is 0 Å². The van der Waals surface area contributed by atoms with Crippen molar-refractivity contribution in [1.82, 2.24) is 9.97 Å². The molecular weight excluding hydrogens is 314 g/mol. The molecule has 0 saturated carbocycles. The fourth-order valence-corrected chi connectivity index (χ4v) is 2.79. The van der Waals surface area contributed by atoms with Crippen molar-refractivity contribution in [3.05, 3.63) is 34.5 Å². The first kappa shape index (κ1) is 16.5. The Morgan fingerprint density at radius 1 is 1.35 bits per heavy atom. The van der Waals surface area contributed by atoms with Gasteiger partial charge in [-0.1, -0.05) is 17.7 Å². The first-order chi connectivity index (χ1) is 10.7. The zero-order valence-electron chi connectivity index (χ0n) is 13.7. The molecule has 5 nitrogen and oxygen atoms in total. The van der Waals surface area contributed by atoms with Gasteiger partial charge in [0.25, 0.3) is 0 Å². The standard InChI is InChI=1S/C16H20BClN2O3/c1-15(2)16(3,4)23-17(22-15)11(9-21)7-10-8-20-14-13(10)12(18)5-6-19-14/h5-8,21H,9H2,1-4H3,(H,19,20). The molecule has 7 heteroatoms. The first-order valence-corrected chi connectivity index (χ1v) is 7.91. The van der Waals surface area contributed by atoms with Crippen LogP contribution >= 0.6 is 11.6 Å². The molecule has 0 atom stereocenters. The lowest BCUT2D eigenvalue weighted by Crippen LogP contribution is -2.41. The molecule has 1 aliphatic heterocycles. The van der Waals surface area contributed by atoms with Gasteiger partial charge in [-0.05, 0) is 39.2 Å². The van der Waals surface area contributed by atoms with Crippen molar-refractivity contribution in [3.63, 3.8) is 0 Å². The summed E-state index contributed by atoms with van der Waals surface area (Å²) in [6.45, 7) is 7.76. The van der Waals surface area contributed by atoms with Crippen LogP contribution in [0.4, 0.5) is 0 Å². The third-order valence-corrected chi connectivity index (χ3v) is 4.95. The maximum Gasteiger partial charge on any atom is 0.492 e. The molecule has 2 aromatic rings. The van der Waals surface area contributed by atoms with Crippen molar-refractivity contribution in [2.45, 2.75) is 38.9 Å². The number of aliphatic hydroxyl groups excluding tert-OH is 1.